The lowest BCUT2D eigenvalue weighted by atomic mass is 10.2. The lowest BCUT2D eigenvalue weighted by molar-refractivity contribution is -0.138. The Balaban J connectivity index is 3.70. The molecule has 0 aromatic carbocycles. The summed E-state index contributed by atoms with van der Waals surface area (Å²) in [5.41, 5.74) is 0. The number of carboxylic acid groups (broad SMARTS) is 1. The highest BCUT2D eigenvalue weighted by Crippen LogP contribution is 2.00. The van der Waals surface area contributed by atoms with Crippen molar-refractivity contribution < 1.29 is 19.5 Å². The molecule has 0 bridgehead atoms. The van der Waals surface area contributed by atoms with Gasteiger partial charge in [-0.2, -0.15) is 0 Å². The number of hydrogen-bond donors (Lipinski definition) is 2. The molecule has 0 radical (unpaired) electrons. The number of carbonyl (C=O) groups excluding carboxylic acids is 2. The maximum atomic E-state index is 11.5. The summed E-state index contributed by atoms with van der Waals surface area (Å²) in [6.45, 7) is 2.63. The van der Waals surface area contributed by atoms with E-state index in [2.05, 4.69) is 5.32 Å². The second-order valence-corrected chi connectivity index (χ2v) is 3.77. The van der Waals surface area contributed by atoms with E-state index >= 15 is 0 Å². The maximum Gasteiger partial charge on any atom is 0.305 e. The molecule has 6 nitrogen and oxygen atoms in total. The number of carboxylic acids is 1. The SMILES string of the molecule is CCNC(=O)CCCC(=O)N(C)CCC(=O)O. The Hall–Kier alpha value is -1.59. The fourth-order valence-electron chi connectivity index (χ4n) is 1.26. The Bertz CT molecular complexity index is 279. The van der Waals surface area contributed by atoms with Gasteiger partial charge in [-0.05, 0) is 13.3 Å². The van der Waals surface area contributed by atoms with E-state index in [1.54, 1.807) is 7.05 Å². The van der Waals surface area contributed by atoms with E-state index < -0.39 is 5.97 Å². The van der Waals surface area contributed by atoms with Crippen LogP contribution in [0.4, 0.5) is 0 Å². The molecule has 0 unspecified atom stereocenters. The van der Waals surface area contributed by atoms with E-state index in [1.165, 1.54) is 4.90 Å². The first-order valence-corrected chi connectivity index (χ1v) is 5.69. The van der Waals surface area contributed by atoms with Gasteiger partial charge in [0.15, 0.2) is 0 Å². The minimum Gasteiger partial charge on any atom is -0.481 e. The summed E-state index contributed by atoms with van der Waals surface area (Å²) in [6.07, 6.45) is 1.03. The van der Waals surface area contributed by atoms with Gasteiger partial charge >= 0.3 is 5.97 Å². The van der Waals surface area contributed by atoms with Gasteiger partial charge in [-0.1, -0.05) is 0 Å². The van der Waals surface area contributed by atoms with Crippen LogP contribution in [0.2, 0.25) is 0 Å². The standard InChI is InChI=1S/C11H20N2O4/c1-3-12-9(14)5-4-6-10(15)13(2)8-7-11(16)17/h3-8H2,1-2H3,(H,12,14)(H,16,17). The predicted molar refractivity (Wildman–Crippen MR) is 62.4 cm³/mol. The summed E-state index contributed by atoms with van der Waals surface area (Å²) in [6, 6.07) is 0. The quantitative estimate of drug-likeness (QED) is 0.639. The summed E-state index contributed by atoms with van der Waals surface area (Å²) < 4.78 is 0. The third-order valence-corrected chi connectivity index (χ3v) is 2.26. The van der Waals surface area contributed by atoms with E-state index in [0.29, 0.717) is 19.4 Å². The van der Waals surface area contributed by atoms with E-state index in [0.717, 1.165) is 0 Å². The van der Waals surface area contributed by atoms with Crippen LogP contribution in [0, 0.1) is 0 Å². The van der Waals surface area contributed by atoms with E-state index in [9.17, 15) is 14.4 Å². The van der Waals surface area contributed by atoms with Gasteiger partial charge in [0.1, 0.15) is 0 Å². The molecule has 0 atom stereocenters. The van der Waals surface area contributed by atoms with Crippen LogP contribution in [-0.4, -0.2) is 47.9 Å². The molecule has 2 amide bonds. The van der Waals surface area contributed by atoms with Crippen molar-refractivity contribution in [3.8, 4) is 0 Å². The highest BCUT2D eigenvalue weighted by atomic mass is 16.4. The van der Waals surface area contributed by atoms with Crippen LogP contribution in [0.25, 0.3) is 0 Å². The molecule has 6 heteroatoms. The molecule has 0 saturated heterocycles. The zero-order valence-corrected chi connectivity index (χ0v) is 10.4. The summed E-state index contributed by atoms with van der Waals surface area (Å²) in [7, 11) is 1.57. The number of rotatable bonds is 8. The summed E-state index contributed by atoms with van der Waals surface area (Å²) in [4.78, 5) is 34.3. The van der Waals surface area contributed by atoms with Crippen LogP contribution in [0.15, 0.2) is 0 Å². The number of hydrogen-bond acceptors (Lipinski definition) is 3. The zero-order valence-electron chi connectivity index (χ0n) is 10.4. The molecule has 0 fully saturated rings. The van der Waals surface area contributed by atoms with Gasteiger partial charge in [0.2, 0.25) is 11.8 Å². The van der Waals surface area contributed by atoms with E-state index in [4.69, 9.17) is 5.11 Å². The Labute approximate surface area is 101 Å². The van der Waals surface area contributed by atoms with Gasteiger partial charge in [-0.15, -0.1) is 0 Å². The molecule has 0 aliphatic rings. The number of nitrogens with one attached hydrogen (secondary N) is 1. The van der Waals surface area contributed by atoms with Crippen LogP contribution in [0.5, 0.6) is 0 Å². The number of aliphatic carboxylic acids is 1. The second kappa shape index (κ2) is 8.55. The zero-order chi connectivity index (χ0) is 13.3. The minimum absolute atomic E-state index is 0.0570. The Kier molecular flexibility index (Phi) is 7.75. The molecule has 0 aromatic heterocycles. The van der Waals surface area contributed by atoms with Crippen molar-refractivity contribution in [1.29, 1.82) is 0 Å². The minimum atomic E-state index is -0.924. The maximum absolute atomic E-state index is 11.5. The average molecular weight is 244 g/mol. The van der Waals surface area contributed by atoms with Gasteiger partial charge in [0.05, 0.1) is 6.42 Å². The summed E-state index contributed by atoms with van der Waals surface area (Å²) in [5.74, 6) is -1.11. The number of carbonyl (C=O) groups is 3. The largest absolute Gasteiger partial charge is 0.481 e. The first-order chi connectivity index (χ1) is 7.97. The normalized spacial score (nSPS) is 9.76. The molecule has 0 aliphatic heterocycles. The lowest BCUT2D eigenvalue weighted by Gasteiger charge is -2.15. The summed E-state index contributed by atoms with van der Waals surface area (Å²) in [5, 5.41) is 11.1. The van der Waals surface area contributed by atoms with Crippen molar-refractivity contribution in [2.75, 3.05) is 20.1 Å². The Morgan fingerprint density at radius 2 is 1.82 bits per heavy atom. The number of nitrogens with zero attached hydrogens (tertiary/aromatic N) is 1. The van der Waals surface area contributed by atoms with Gasteiger partial charge in [0, 0.05) is 33.0 Å². The van der Waals surface area contributed by atoms with Crippen LogP contribution >= 0.6 is 0 Å². The van der Waals surface area contributed by atoms with Crippen molar-refractivity contribution in [1.82, 2.24) is 10.2 Å². The molecule has 0 heterocycles. The summed E-state index contributed by atoms with van der Waals surface area (Å²) >= 11 is 0. The monoisotopic (exact) mass is 244 g/mol. The van der Waals surface area contributed by atoms with Crippen molar-refractivity contribution in [2.24, 2.45) is 0 Å². The topological polar surface area (TPSA) is 86.7 Å². The molecule has 2 N–H and O–H groups in total. The van der Waals surface area contributed by atoms with Crippen molar-refractivity contribution in [3.63, 3.8) is 0 Å². The van der Waals surface area contributed by atoms with Gasteiger partial charge < -0.3 is 15.3 Å². The third-order valence-electron chi connectivity index (χ3n) is 2.26. The van der Waals surface area contributed by atoms with Crippen LogP contribution in [0.1, 0.15) is 32.6 Å². The van der Waals surface area contributed by atoms with Crippen LogP contribution in [0.3, 0.4) is 0 Å². The highest BCUT2D eigenvalue weighted by Gasteiger charge is 2.10. The average Bonchev–Trinajstić information content (AvgIpc) is 2.25. The van der Waals surface area contributed by atoms with Gasteiger partial charge in [-0.25, -0.2) is 0 Å². The molecule has 98 valence electrons. The van der Waals surface area contributed by atoms with Crippen molar-refractivity contribution >= 4 is 17.8 Å². The smallest absolute Gasteiger partial charge is 0.305 e. The second-order valence-electron chi connectivity index (χ2n) is 3.77. The fraction of sp³-hybridized carbons (Fsp3) is 0.727. The van der Waals surface area contributed by atoms with E-state index in [-0.39, 0.29) is 31.2 Å². The Morgan fingerprint density at radius 1 is 1.18 bits per heavy atom. The predicted octanol–water partition coefficient (Wildman–Crippen LogP) is 0.226. The molecule has 0 aliphatic carbocycles. The lowest BCUT2D eigenvalue weighted by Crippen LogP contribution is -2.29. The molecule has 0 spiro atoms. The van der Waals surface area contributed by atoms with E-state index in [1.807, 2.05) is 6.92 Å². The fourth-order valence-corrected chi connectivity index (χ4v) is 1.26. The van der Waals surface area contributed by atoms with Crippen molar-refractivity contribution in [3.05, 3.63) is 0 Å². The molecule has 0 aromatic rings. The van der Waals surface area contributed by atoms with Crippen LogP contribution in [-0.2, 0) is 14.4 Å². The number of amides is 2. The third kappa shape index (κ3) is 8.24. The first kappa shape index (κ1) is 15.4. The van der Waals surface area contributed by atoms with Crippen LogP contribution < -0.4 is 5.32 Å². The molecular formula is C11H20N2O4. The molecule has 0 rings (SSSR count). The van der Waals surface area contributed by atoms with Gasteiger partial charge in [-0.3, -0.25) is 14.4 Å². The molecule has 17 heavy (non-hydrogen) atoms. The molecular weight excluding hydrogens is 224 g/mol. The first-order valence-electron chi connectivity index (χ1n) is 5.69. The molecule has 0 saturated carbocycles. The highest BCUT2D eigenvalue weighted by molar-refractivity contribution is 5.79. The Morgan fingerprint density at radius 3 is 2.35 bits per heavy atom. The van der Waals surface area contributed by atoms with Gasteiger partial charge in [0.25, 0.3) is 0 Å². The van der Waals surface area contributed by atoms with Crippen molar-refractivity contribution in [2.45, 2.75) is 32.6 Å².